The first kappa shape index (κ1) is 6.17. The minimum absolute atomic E-state index is 0.247. The van der Waals surface area contributed by atoms with E-state index in [4.69, 9.17) is 1.37 Å². The first-order valence-electron chi connectivity index (χ1n) is 4.50. The smallest absolute Gasteiger partial charge is 0.113 e. The zero-order valence-electron chi connectivity index (χ0n) is 8.15. The van der Waals surface area contributed by atoms with Crippen molar-refractivity contribution < 1.29 is 1.37 Å². The van der Waals surface area contributed by atoms with Gasteiger partial charge in [-0.25, -0.2) is 4.68 Å². The van der Waals surface area contributed by atoms with Crippen molar-refractivity contribution >= 4 is 11.0 Å². The molecule has 0 aliphatic carbocycles. The fourth-order valence-electron chi connectivity index (χ4n) is 1.19. The van der Waals surface area contributed by atoms with E-state index in [1.54, 1.807) is 10.7 Å². The van der Waals surface area contributed by atoms with Crippen LogP contribution in [0.5, 0.6) is 0 Å². The molecule has 0 amide bonds. The molecule has 0 fully saturated rings. The molecular formula is C9H11N3. The number of fused-ring (bicyclic) bond motifs is 1. The maximum Gasteiger partial charge on any atom is 0.113 e. The van der Waals surface area contributed by atoms with Crippen LogP contribution in [0.4, 0.5) is 0 Å². The molecule has 0 saturated heterocycles. The van der Waals surface area contributed by atoms with Crippen molar-refractivity contribution in [3.63, 3.8) is 0 Å². The first-order chi connectivity index (χ1) is 6.20. The summed E-state index contributed by atoms with van der Waals surface area (Å²) in [6.07, 6.45) is 0. The van der Waals surface area contributed by atoms with Crippen molar-refractivity contribution in [2.75, 3.05) is 0 Å². The van der Waals surface area contributed by atoms with Gasteiger partial charge >= 0.3 is 0 Å². The summed E-state index contributed by atoms with van der Waals surface area (Å²) in [4.78, 5) is 0. The molecule has 0 N–H and O–H groups in total. The number of nitrogens with zero attached hydrogens (tertiary/aromatic N) is 3. The van der Waals surface area contributed by atoms with Crippen LogP contribution in [-0.2, 0) is 0 Å². The molecule has 12 heavy (non-hydrogen) atoms. The van der Waals surface area contributed by atoms with Gasteiger partial charge in [0, 0.05) is 6.04 Å². The lowest BCUT2D eigenvalue weighted by Gasteiger charge is -2.03. The molecule has 62 valence electrons. The molecule has 0 bridgehead atoms. The first-order valence-corrected chi connectivity index (χ1v) is 4.00. The van der Waals surface area contributed by atoms with E-state index in [1.165, 1.54) is 0 Å². The van der Waals surface area contributed by atoms with Crippen LogP contribution in [0, 0.1) is 0 Å². The zero-order chi connectivity index (χ0) is 9.42. The van der Waals surface area contributed by atoms with E-state index in [0.717, 1.165) is 11.0 Å². The second-order valence-corrected chi connectivity index (χ2v) is 3.03. The number of benzene rings is 1. The van der Waals surface area contributed by atoms with Gasteiger partial charge in [-0.3, -0.25) is 0 Å². The average Bonchev–Trinajstić information content (AvgIpc) is 2.49. The summed E-state index contributed by atoms with van der Waals surface area (Å²) in [6, 6.07) is 6.18. The van der Waals surface area contributed by atoms with E-state index >= 15 is 0 Å². The Morgan fingerprint density at radius 3 is 3.08 bits per heavy atom. The van der Waals surface area contributed by atoms with E-state index < -0.39 is 0 Å². The van der Waals surface area contributed by atoms with E-state index in [0.29, 0.717) is 6.04 Å². The Labute approximate surface area is 72.4 Å². The van der Waals surface area contributed by atoms with Crippen LogP contribution in [0.1, 0.15) is 21.3 Å². The minimum atomic E-state index is 0.247. The number of para-hydroxylation sites is 1. The van der Waals surface area contributed by atoms with Crippen LogP contribution >= 0.6 is 0 Å². The van der Waals surface area contributed by atoms with Crippen molar-refractivity contribution in [1.82, 2.24) is 15.0 Å². The van der Waals surface area contributed by atoms with E-state index in [2.05, 4.69) is 10.3 Å². The molecule has 0 unspecified atom stereocenters. The fraction of sp³-hybridized carbons (Fsp3) is 0.333. The van der Waals surface area contributed by atoms with E-state index in [9.17, 15) is 0 Å². The number of rotatable bonds is 1. The maximum atomic E-state index is 7.71. The lowest BCUT2D eigenvalue weighted by Crippen LogP contribution is -2.02. The van der Waals surface area contributed by atoms with Crippen molar-refractivity contribution in [2.24, 2.45) is 0 Å². The monoisotopic (exact) mass is 162 g/mol. The quantitative estimate of drug-likeness (QED) is 0.642. The second-order valence-electron chi connectivity index (χ2n) is 3.03. The van der Waals surface area contributed by atoms with Crippen LogP contribution < -0.4 is 0 Å². The topological polar surface area (TPSA) is 30.7 Å². The zero-order valence-corrected chi connectivity index (χ0v) is 7.15. The van der Waals surface area contributed by atoms with Crippen LogP contribution in [0.15, 0.2) is 24.2 Å². The predicted molar refractivity (Wildman–Crippen MR) is 47.9 cm³/mol. The van der Waals surface area contributed by atoms with Crippen molar-refractivity contribution in [3.8, 4) is 0 Å². The molecular weight excluding hydrogens is 150 g/mol. The number of hydrogen-bond acceptors (Lipinski definition) is 2. The third-order valence-electron chi connectivity index (χ3n) is 1.78. The number of hydrogen-bond donors (Lipinski definition) is 0. The molecule has 2 rings (SSSR count). The highest BCUT2D eigenvalue weighted by Gasteiger charge is 2.04. The average molecular weight is 162 g/mol. The summed E-state index contributed by atoms with van der Waals surface area (Å²) < 4.78 is 9.49. The van der Waals surface area contributed by atoms with Crippen molar-refractivity contribution in [3.05, 3.63) is 24.2 Å². The largest absolute Gasteiger partial charge is 0.242 e. The summed E-state index contributed by atoms with van der Waals surface area (Å²) in [7, 11) is 0. The maximum absolute atomic E-state index is 7.71. The molecule has 1 aromatic heterocycles. The Morgan fingerprint density at radius 1 is 1.50 bits per heavy atom. The fourth-order valence-corrected chi connectivity index (χ4v) is 1.19. The van der Waals surface area contributed by atoms with Gasteiger partial charge in [0.15, 0.2) is 0 Å². The minimum Gasteiger partial charge on any atom is -0.242 e. The highest BCUT2D eigenvalue weighted by molar-refractivity contribution is 5.73. The highest BCUT2D eigenvalue weighted by atomic mass is 15.4. The Bertz CT molecular complexity index is 433. The van der Waals surface area contributed by atoms with Gasteiger partial charge in [-0.1, -0.05) is 17.3 Å². The molecule has 0 aliphatic rings. The Morgan fingerprint density at radius 2 is 2.33 bits per heavy atom. The molecule has 1 heterocycles. The van der Waals surface area contributed by atoms with Gasteiger partial charge in [-0.05, 0) is 26.0 Å². The van der Waals surface area contributed by atoms with Gasteiger partial charge < -0.3 is 0 Å². The molecule has 0 aliphatic heterocycles. The van der Waals surface area contributed by atoms with E-state index in [1.807, 2.05) is 26.0 Å². The highest BCUT2D eigenvalue weighted by Crippen LogP contribution is 2.13. The molecule has 1 aromatic carbocycles. The van der Waals surface area contributed by atoms with E-state index in [-0.39, 0.29) is 6.04 Å². The molecule has 0 atom stereocenters. The van der Waals surface area contributed by atoms with Crippen LogP contribution in [-0.4, -0.2) is 15.0 Å². The lowest BCUT2D eigenvalue weighted by molar-refractivity contribution is 0.530. The summed E-state index contributed by atoms with van der Waals surface area (Å²) in [5, 5.41) is 8.00. The Hall–Kier alpha value is -1.38. The van der Waals surface area contributed by atoms with Crippen LogP contribution in [0.3, 0.4) is 0 Å². The van der Waals surface area contributed by atoms with Gasteiger partial charge in [0.05, 0.1) is 6.89 Å². The second kappa shape index (κ2) is 2.59. The third-order valence-corrected chi connectivity index (χ3v) is 1.78. The molecule has 0 saturated carbocycles. The summed E-state index contributed by atoms with van der Waals surface area (Å²) in [6.45, 7) is 4.06. The molecule has 0 spiro atoms. The number of aromatic nitrogens is 3. The normalized spacial score (nSPS) is 12.4. The predicted octanol–water partition coefficient (Wildman–Crippen LogP) is 2.01. The lowest BCUT2D eigenvalue weighted by atomic mass is 10.3. The van der Waals surface area contributed by atoms with Crippen molar-refractivity contribution in [2.45, 2.75) is 19.9 Å². The molecule has 3 heteroatoms. The Kier molecular flexibility index (Phi) is 1.33. The van der Waals surface area contributed by atoms with Gasteiger partial charge in [-0.15, -0.1) is 5.10 Å². The SMILES string of the molecule is [2H]c1cccc2nnn(C(C)C)c12. The van der Waals surface area contributed by atoms with Crippen molar-refractivity contribution in [1.29, 1.82) is 0 Å². The van der Waals surface area contributed by atoms with Gasteiger partial charge in [0.25, 0.3) is 0 Å². The summed E-state index contributed by atoms with van der Waals surface area (Å²) >= 11 is 0. The summed E-state index contributed by atoms with van der Waals surface area (Å²) in [5.41, 5.74) is 1.61. The Balaban J connectivity index is 2.79. The van der Waals surface area contributed by atoms with Crippen LogP contribution in [0.25, 0.3) is 11.0 Å². The van der Waals surface area contributed by atoms with Gasteiger partial charge in [0.2, 0.25) is 0 Å². The van der Waals surface area contributed by atoms with Gasteiger partial charge in [-0.2, -0.15) is 0 Å². The standard InChI is InChI=1S/C9H11N3/c1-7(2)12-9-6-4-3-5-8(9)10-11-12/h3-7H,1-2H3/i6D. The van der Waals surface area contributed by atoms with Crippen LogP contribution in [0.2, 0.25) is 0 Å². The third kappa shape index (κ3) is 0.978. The summed E-state index contributed by atoms with van der Waals surface area (Å²) in [5.74, 6) is 0. The van der Waals surface area contributed by atoms with Gasteiger partial charge in [0.1, 0.15) is 5.52 Å². The molecule has 3 nitrogen and oxygen atoms in total. The molecule has 0 radical (unpaired) electrons. The molecule has 2 aromatic rings.